The Morgan fingerprint density at radius 3 is 2.22 bits per heavy atom. The third-order valence-electron chi connectivity index (χ3n) is 5.60. The van der Waals surface area contributed by atoms with Crippen LogP contribution in [0.5, 0.6) is 0 Å². The normalized spacial score (nSPS) is 18.2. The summed E-state index contributed by atoms with van der Waals surface area (Å²) in [7, 11) is -1.34. The van der Waals surface area contributed by atoms with E-state index in [-0.39, 0.29) is 17.7 Å². The van der Waals surface area contributed by atoms with Gasteiger partial charge in [0.25, 0.3) is 0 Å². The van der Waals surface area contributed by atoms with Crippen molar-refractivity contribution < 1.29 is 9.59 Å². The predicted molar refractivity (Wildman–Crippen MR) is 97.8 cm³/mol. The fourth-order valence-corrected chi connectivity index (χ4v) is 7.34. The van der Waals surface area contributed by atoms with Crippen molar-refractivity contribution in [2.75, 3.05) is 0 Å². The second-order valence-electron chi connectivity index (χ2n) is 6.69. The van der Waals surface area contributed by atoms with Gasteiger partial charge in [0, 0.05) is 6.42 Å². The second kappa shape index (κ2) is 7.91. The van der Waals surface area contributed by atoms with Crippen molar-refractivity contribution in [1.82, 2.24) is 5.32 Å². The zero-order chi connectivity index (χ0) is 16.9. The molecule has 1 amide bonds. The maximum absolute atomic E-state index is 12.1. The topological polar surface area (TPSA) is 46.2 Å². The summed E-state index contributed by atoms with van der Waals surface area (Å²) in [5, 5.41) is 4.38. The molecule has 1 N–H and O–H groups in total. The standard InChI is InChI=1S/C19H29NO2Si/c1-4-23(5-2,6-3)16-12-10-15(11-13-16)14-19(22)20-17-8-7-9-18(17)21/h10-13,17H,4-9,14H2,1-3H3,(H,20,22)/t17-/m0/s1. The van der Waals surface area contributed by atoms with Crippen LogP contribution in [0.1, 0.15) is 45.6 Å². The first-order chi connectivity index (χ1) is 11.0. The average molecular weight is 332 g/mol. The van der Waals surface area contributed by atoms with E-state index in [4.69, 9.17) is 0 Å². The van der Waals surface area contributed by atoms with Gasteiger partial charge in [-0.15, -0.1) is 0 Å². The summed E-state index contributed by atoms with van der Waals surface area (Å²) in [5.74, 6) is 0.140. The van der Waals surface area contributed by atoms with Crippen LogP contribution < -0.4 is 10.5 Å². The van der Waals surface area contributed by atoms with E-state index in [1.807, 2.05) is 0 Å². The highest BCUT2D eigenvalue weighted by atomic mass is 28.3. The quantitative estimate of drug-likeness (QED) is 0.780. The van der Waals surface area contributed by atoms with Crippen LogP contribution >= 0.6 is 0 Å². The SMILES string of the molecule is CC[Si](CC)(CC)c1ccc(CC(=O)N[C@H]2CCCC2=O)cc1. The number of benzene rings is 1. The fourth-order valence-electron chi connectivity index (χ4n) is 3.74. The highest BCUT2D eigenvalue weighted by Gasteiger charge is 2.29. The van der Waals surface area contributed by atoms with E-state index < -0.39 is 8.07 Å². The molecule has 1 aromatic carbocycles. The van der Waals surface area contributed by atoms with Gasteiger partial charge in [0.2, 0.25) is 5.91 Å². The minimum atomic E-state index is -1.34. The Bertz CT molecular complexity index is 541. The van der Waals surface area contributed by atoms with Gasteiger partial charge in [0.1, 0.15) is 0 Å². The molecule has 0 spiro atoms. The lowest BCUT2D eigenvalue weighted by Gasteiger charge is -2.28. The first-order valence-corrected chi connectivity index (χ1v) is 11.6. The highest BCUT2D eigenvalue weighted by Crippen LogP contribution is 2.20. The van der Waals surface area contributed by atoms with Crippen LogP contribution in [0.2, 0.25) is 18.1 Å². The van der Waals surface area contributed by atoms with Crippen LogP contribution in [0.15, 0.2) is 24.3 Å². The Kier molecular flexibility index (Phi) is 6.16. The molecule has 4 heteroatoms. The van der Waals surface area contributed by atoms with Gasteiger partial charge in [-0.05, 0) is 18.4 Å². The molecule has 3 nitrogen and oxygen atoms in total. The van der Waals surface area contributed by atoms with Crippen molar-refractivity contribution in [3.8, 4) is 0 Å². The first-order valence-electron chi connectivity index (χ1n) is 8.96. The molecule has 0 heterocycles. The molecule has 0 bridgehead atoms. The van der Waals surface area contributed by atoms with E-state index in [1.165, 1.54) is 23.3 Å². The molecule has 0 aromatic heterocycles. The molecule has 0 saturated heterocycles. The van der Waals surface area contributed by atoms with E-state index >= 15 is 0 Å². The predicted octanol–water partition coefficient (Wildman–Crippen LogP) is 3.18. The number of hydrogen-bond acceptors (Lipinski definition) is 2. The Hall–Kier alpha value is -1.42. The van der Waals surface area contributed by atoms with Crippen molar-refractivity contribution in [2.45, 2.75) is 70.6 Å². The van der Waals surface area contributed by atoms with Gasteiger partial charge in [0.15, 0.2) is 5.78 Å². The smallest absolute Gasteiger partial charge is 0.224 e. The van der Waals surface area contributed by atoms with Crippen molar-refractivity contribution >= 4 is 25.0 Å². The maximum atomic E-state index is 12.1. The minimum absolute atomic E-state index is 0.0389. The van der Waals surface area contributed by atoms with Crippen molar-refractivity contribution in [2.24, 2.45) is 0 Å². The van der Waals surface area contributed by atoms with Gasteiger partial charge in [-0.25, -0.2) is 0 Å². The zero-order valence-electron chi connectivity index (χ0n) is 14.7. The monoisotopic (exact) mass is 331 g/mol. The average Bonchev–Trinajstić information content (AvgIpc) is 2.96. The number of amides is 1. The van der Waals surface area contributed by atoms with Crippen LogP contribution in [-0.2, 0) is 16.0 Å². The molecule has 0 radical (unpaired) electrons. The van der Waals surface area contributed by atoms with E-state index in [1.54, 1.807) is 0 Å². The van der Waals surface area contributed by atoms with Gasteiger partial charge in [-0.3, -0.25) is 9.59 Å². The highest BCUT2D eigenvalue weighted by molar-refractivity contribution is 6.91. The summed E-state index contributed by atoms with van der Waals surface area (Å²) >= 11 is 0. The Labute approximate surface area is 140 Å². The summed E-state index contributed by atoms with van der Waals surface area (Å²) in [6.07, 6.45) is 2.66. The molecular weight excluding hydrogens is 302 g/mol. The maximum Gasteiger partial charge on any atom is 0.224 e. The molecule has 0 unspecified atom stereocenters. The molecule has 2 rings (SSSR count). The van der Waals surface area contributed by atoms with Crippen LogP contribution in [-0.4, -0.2) is 25.8 Å². The lowest BCUT2D eigenvalue weighted by atomic mass is 10.1. The number of nitrogens with one attached hydrogen (secondary N) is 1. The number of hydrogen-bond donors (Lipinski definition) is 1. The molecule has 1 aromatic rings. The molecule has 126 valence electrons. The van der Waals surface area contributed by atoms with E-state index in [0.717, 1.165) is 18.4 Å². The first kappa shape index (κ1) is 17.9. The van der Waals surface area contributed by atoms with Crippen molar-refractivity contribution in [3.05, 3.63) is 29.8 Å². The van der Waals surface area contributed by atoms with E-state index in [2.05, 4.69) is 50.4 Å². The third-order valence-corrected chi connectivity index (χ3v) is 11.2. The Morgan fingerprint density at radius 1 is 1.13 bits per heavy atom. The summed E-state index contributed by atoms with van der Waals surface area (Å²) in [4.78, 5) is 23.7. The fraction of sp³-hybridized carbons (Fsp3) is 0.579. The van der Waals surface area contributed by atoms with Crippen LogP contribution in [0.3, 0.4) is 0 Å². The minimum Gasteiger partial charge on any atom is -0.346 e. The molecule has 1 atom stereocenters. The van der Waals surface area contributed by atoms with Gasteiger partial charge in [-0.2, -0.15) is 0 Å². The summed E-state index contributed by atoms with van der Waals surface area (Å²) < 4.78 is 0. The third kappa shape index (κ3) is 4.11. The molecule has 1 aliphatic carbocycles. The second-order valence-corrected chi connectivity index (χ2v) is 12.0. The number of ketones is 1. The molecule has 23 heavy (non-hydrogen) atoms. The number of carbonyl (C=O) groups is 2. The van der Waals surface area contributed by atoms with Crippen LogP contribution in [0.25, 0.3) is 0 Å². The van der Waals surface area contributed by atoms with E-state index in [9.17, 15) is 9.59 Å². The Balaban J connectivity index is 1.99. The Morgan fingerprint density at radius 2 is 1.74 bits per heavy atom. The molecule has 0 aliphatic heterocycles. The van der Waals surface area contributed by atoms with Gasteiger partial charge >= 0.3 is 0 Å². The van der Waals surface area contributed by atoms with Gasteiger partial charge in [-0.1, -0.05) is 68.4 Å². The number of rotatable bonds is 7. The number of carbonyl (C=O) groups excluding carboxylic acids is 2. The molecular formula is C19H29NO2Si. The lowest BCUT2D eigenvalue weighted by molar-refractivity contribution is -0.126. The summed E-state index contributed by atoms with van der Waals surface area (Å²) in [5.41, 5.74) is 1.03. The summed E-state index contributed by atoms with van der Waals surface area (Å²) in [6.45, 7) is 6.91. The molecule has 1 fully saturated rings. The number of Topliss-reactive ketones (excluding diaryl/α,β-unsaturated/α-hetero) is 1. The van der Waals surface area contributed by atoms with Crippen LogP contribution in [0.4, 0.5) is 0 Å². The van der Waals surface area contributed by atoms with Crippen molar-refractivity contribution in [3.63, 3.8) is 0 Å². The largest absolute Gasteiger partial charge is 0.346 e. The van der Waals surface area contributed by atoms with E-state index in [0.29, 0.717) is 12.8 Å². The van der Waals surface area contributed by atoms with Crippen molar-refractivity contribution in [1.29, 1.82) is 0 Å². The van der Waals surface area contributed by atoms with Gasteiger partial charge < -0.3 is 5.32 Å². The lowest BCUT2D eigenvalue weighted by Crippen LogP contribution is -2.45. The molecule has 1 saturated carbocycles. The molecule has 1 aliphatic rings. The summed E-state index contributed by atoms with van der Waals surface area (Å²) in [6, 6.07) is 12.2. The van der Waals surface area contributed by atoms with Gasteiger partial charge in [0.05, 0.1) is 20.5 Å². The van der Waals surface area contributed by atoms with Crippen LogP contribution in [0, 0.1) is 0 Å². The zero-order valence-corrected chi connectivity index (χ0v) is 15.7.